The Morgan fingerprint density at radius 3 is 2.38 bits per heavy atom. The maximum atomic E-state index is 13.7. The fourth-order valence-electron chi connectivity index (χ4n) is 1.55. The fourth-order valence-corrected chi connectivity index (χ4v) is 1.93. The molecule has 2 aromatic rings. The molecule has 0 aromatic heterocycles. The van der Waals surface area contributed by atoms with Gasteiger partial charge in [0.1, 0.15) is 11.9 Å². The molecule has 0 saturated heterocycles. The largest absolute Gasteiger partial charge is 0.384 e. The summed E-state index contributed by atoms with van der Waals surface area (Å²) in [5, 5.41) is 10.0. The van der Waals surface area contributed by atoms with Gasteiger partial charge < -0.3 is 5.11 Å². The van der Waals surface area contributed by atoms with Gasteiger partial charge in [0.05, 0.1) is 4.47 Å². The summed E-state index contributed by atoms with van der Waals surface area (Å²) in [4.78, 5) is 0. The molecule has 2 aromatic carbocycles. The van der Waals surface area contributed by atoms with Gasteiger partial charge in [-0.05, 0) is 27.6 Å². The Hall–Kier alpha value is -1.19. The van der Waals surface area contributed by atoms with Crippen LogP contribution in [0.4, 0.5) is 4.39 Å². The lowest BCUT2D eigenvalue weighted by atomic mass is 10.0. The van der Waals surface area contributed by atoms with Crippen molar-refractivity contribution in [2.45, 2.75) is 6.10 Å². The van der Waals surface area contributed by atoms with Crippen LogP contribution in [0.3, 0.4) is 0 Å². The fraction of sp³-hybridized carbons (Fsp3) is 0.0769. The lowest BCUT2D eigenvalue weighted by Crippen LogP contribution is -2.02. The summed E-state index contributed by atoms with van der Waals surface area (Å²) in [7, 11) is 0. The highest BCUT2D eigenvalue weighted by Crippen LogP contribution is 2.27. The predicted octanol–water partition coefficient (Wildman–Crippen LogP) is 3.67. The second-order valence-corrected chi connectivity index (χ2v) is 4.31. The third kappa shape index (κ3) is 2.15. The van der Waals surface area contributed by atoms with Gasteiger partial charge in [-0.3, -0.25) is 0 Å². The first-order valence-corrected chi connectivity index (χ1v) is 5.66. The van der Waals surface area contributed by atoms with Gasteiger partial charge in [-0.2, -0.15) is 0 Å². The molecule has 0 spiro atoms. The molecule has 1 nitrogen and oxygen atoms in total. The zero-order valence-corrected chi connectivity index (χ0v) is 9.99. The van der Waals surface area contributed by atoms with Gasteiger partial charge in [0.15, 0.2) is 0 Å². The van der Waals surface area contributed by atoms with Crippen molar-refractivity contribution in [2.24, 2.45) is 0 Å². The number of rotatable bonds is 2. The summed E-state index contributed by atoms with van der Waals surface area (Å²) in [5.74, 6) is -0.418. The molecule has 1 N–H and O–H groups in total. The van der Waals surface area contributed by atoms with Crippen LogP contribution >= 0.6 is 15.9 Å². The molecule has 82 valence electrons. The maximum absolute atomic E-state index is 13.7. The molecule has 0 saturated carbocycles. The van der Waals surface area contributed by atoms with E-state index in [1.165, 1.54) is 0 Å². The molecule has 0 aliphatic carbocycles. The molecule has 0 fully saturated rings. The number of aliphatic hydroxyl groups excluding tert-OH is 1. The van der Waals surface area contributed by atoms with Crippen LogP contribution in [0.1, 0.15) is 17.2 Å². The number of hydrogen-bond acceptors (Lipinski definition) is 1. The summed E-state index contributed by atoms with van der Waals surface area (Å²) < 4.78 is 14.1. The average molecular weight is 281 g/mol. The highest BCUT2D eigenvalue weighted by molar-refractivity contribution is 9.10. The number of aliphatic hydroxyl groups is 1. The van der Waals surface area contributed by atoms with Gasteiger partial charge in [0.2, 0.25) is 0 Å². The molecule has 0 amide bonds. The minimum absolute atomic E-state index is 0.278. The first-order valence-electron chi connectivity index (χ1n) is 4.87. The van der Waals surface area contributed by atoms with Gasteiger partial charge in [0, 0.05) is 5.56 Å². The topological polar surface area (TPSA) is 20.2 Å². The van der Waals surface area contributed by atoms with Gasteiger partial charge in [0.25, 0.3) is 0 Å². The zero-order valence-electron chi connectivity index (χ0n) is 8.40. The minimum Gasteiger partial charge on any atom is -0.384 e. The van der Waals surface area contributed by atoms with E-state index in [0.717, 1.165) is 0 Å². The molecule has 16 heavy (non-hydrogen) atoms. The van der Waals surface area contributed by atoms with Crippen LogP contribution in [0.5, 0.6) is 0 Å². The first-order chi connectivity index (χ1) is 7.70. The third-order valence-corrected chi connectivity index (χ3v) is 3.00. The Bertz CT molecular complexity index is 485. The normalized spacial score (nSPS) is 12.4. The molecule has 3 heteroatoms. The molecule has 0 aliphatic heterocycles. The van der Waals surface area contributed by atoms with E-state index in [4.69, 9.17) is 0 Å². The highest BCUT2D eigenvalue weighted by atomic mass is 79.9. The predicted molar refractivity (Wildman–Crippen MR) is 64.6 cm³/mol. The van der Waals surface area contributed by atoms with Crippen molar-refractivity contribution in [3.63, 3.8) is 0 Å². The monoisotopic (exact) mass is 280 g/mol. The summed E-state index contributed by atoms with van der Waals surface area (Å²) in [6, 6.07) is 13.9. The Morgan fingerprint density at radius 2 is 1.69 bits per heavy atom. The maximum Gasteiger partial charge on any atom is 0.143 e. The zero-order chi connectivity index (χ0) is 11.5. The second kappa shape index (κ2) is 4.76. The van der Waals surface area contributed by atoms with Gasteiger partial charge in [-0.15, -0.1) is 0 Å². The average Bonchev–Trinajstić information content (AvgIpc) is 2.33. The Morgan fingerprint density at radius 1 is 1.00 bits per heavy atom. The van der Waals surface area contributed by atoms with E-state index >= 15 is 0 Å². The summed E-state index contributed by atoms with van der Waals surface area (Å²) in [6.07, 6.45) is -0.932. The van der Waals surface area contributed by atoms with Crippen LogP contribution in [-0.4, -0.2) is 5.11 Å². The highest BCUT2D eigenvalue weighted by Gasteiger charge is 2.15. The van der Waals surface area contributed by atoms with E-state index < -0.39 is 11.9 Å². The lowest BCUT2D eigenvalue weighted by molar-refractivity contribution is 0.215. The van der Waals surface area contributed by atoms with E-state index in [-0.39, 0.29) is 5.56 Å². The quantitative estimate of drug-likeness (QED) is 0.890. The summed E-state index contributed by atoms with van der Waals surface area (Å²) in [6.45, 7) is 0. The molecule has 1 atom stereocenters. The third-order valence-electron chi connectivity index (χ3n) is 2.39. The lowest BCUT2D eigenvalue weighted by Gasteiger charge is -2.12. The molecule has 0 aliphatic rings. The van der Waals surface area contributed by atoms with Gasteiger partial charge >= 0.3 is 0 Å². The standard InChI is InChI=1S/C13H10BrFO/c14-11-8-4-7-10(12(11)15)13(16)9-5-2-1-3-6-9/h1-8,13,16H/t13-/m1/s1. The van der Waals surface area contributed by atoms with Crippen LogP contribution in [-0.2, 0) is 0 Å². The van der Waals surface area contributed by atoms with Crippen molar-refractivity contribution in [1.29, 1.82) is 0 Å². The summed E-state index contributed by atoms with van der Waals surface area (Å²) >= 11 is 3.10. The smallest absolute Gasteiger partial charge is 0.143 e. The van der Waals surface area contributed by atoms with E-state index in [0.29, 0.717) is 10.0 Å². The molecule has 0 heterocycles. The van der Waals surface area contributed by atoms with Crippen LogP contribution in [0, 0.1) is 5.82 Å². The van der Waals surface area contributed by atoms with E-state index in [1.807, 2.05) is 18.2 Å². The molecule has 0 bridgehead atoms. The van der Waals surface area contributed by atoms with Crippen molar-refractivity contribution >= 4 is 15.9 Å². The van der Waals surface area contributed by atoms with Crippen LogP contribution in [0.15, 0.2) is 53.0 Å². The number of halogens is 2. The van der Waals surface area contributed by atoms with Crippen LogP contribution < -0.4 is 0 Å². The first kappa shape index (κ1) is 11.3. The van der Waals surface area contributed by atoms with E-state index in [1.54, 1.807) is 30.3 Å². The van der Waals surface area contributed by atoms with Crippen molar-refractivity contribution in [2.75, 3.05) is 0 Å². The van der Waals surface area contributed by atoms with E-state index in [9.17, 15) is 9.50 Å². The number of hydrogen-bond donors (Lipinski definition) is 1. The Balaban J connectivity index is 2.42. The molecule has 0 unspecified atom stereocenters. The van der Waals surface area contributed by atoms with Crippen LogP contribution in [0.25, 0.3) is 0 Å². The van der Waals surface area contributed by atoms with Crippen molar-refractivity contribution < 1.29 is 9.50 Å². The molecular weight excluding hydrogens is 271 g/mol. The molecule has 2 rings (SSSR count). The minimum atomic E-state index is -0.932. The van der Waals surface area contributed by atoms with Crippen molar-refractivity contribution in [1.82, 2.24) is 0 Å². The van der Waals surface area contributed by atoms with Crippen LogP contribution in [0.2, 0.25) is 0 Å². The van der Waals surface area contributed by atoms with Gasteiger partial charge in [-0.25, -0.2) is 4.39 Å². The second-order valence-electron chi connectivity index (χ2n) is 3.46. The van der Waals surface area contributed by atoms with Crippen molar-refractivity contribution in [3.05, 3.63) is 69.9 Å². The van der Waals surface area contributed by atoms with Gasteiger partial charge in [-0.1, -0.05) is 42.5 Å². The summed E-state index contributed by atoms with van der Waals surface area (Å²) in [5.41, 5.74) is 0.958. The Kier molecular flexibility index (Phi) is 3.36. The number of benzene rings is 2. The Labute approximate surface area is 102 Å². The molecule has 0 radical (unpaired) electrons. The van der Waals surface area contributed by atoms with Crippen molar-refractivity contribution in [3.8, 4) is 0 Å². The van der Waals surface area contributed by atoms with E-state index in [2.05, 4.69) is 15.9 Å². The molecular formula is C13H10BrFO. The SMILES string of the molecule is O[C@H](c1ccccc1)c1cccc(Br)c1F.